The first-order chi connectivity index (χ1) is 12.0. The Bertz CT molecular complexity index is 840. The molecule has 0 bridgehead atoms. The van der Waals surface area contributed by atoms with Crippen molar-refractivity contribution >= 4 is 17.3 Å². The summed E-state index contributed by atoms with van der Waals surface area (Å²) in [4.78, 5) is 12.4. The summed E-state index contributed by atoms with van der Waals surface area (Å²) in [6.07, 6.45) is 1.38. The Balaban J connectivity index is 2.20. The molecule has 0 atom stereocenters. The van der Waals surface area contributed by atoms with Crippen molar-refractivity contribution in [2.45, 2.75) is 20.8 Å². The third kappa shape index (κ3) is 4.39. The van der Waals surface area contributed by atoms with Crippen LogP contribution in [0.15, 0.2) is 48.2 Å². The maximum absolute atomic E-state index is 12.4. The molecule has 2 rings (SSSR count). The van der Waals surface area contributed by atoms with Crippen LogP contribution in [0.4, 0.5) is 11.4 Å². The average Bonchev–Trinajstić information content (AvgIpc) is 2.59. The van der Waals surface area contributed by atoms with Crippen LogP contribution in [0.3, 0.4) is 0 Å². The van der Waals surface area contributed by atoms with E-state index in [2.05, 4.69) is 10.6 Å². The number of amides is 1. The Morgan fingerprint density at radius 1 is 1.16 bits per heavy atom. The fourth-order valence-corrected chi connectivity index (χ4v) is 2.62. The van der Waals surface area contributed by atoms with E-state index in [1.165, 1.54) is 6.20 Å². The number of ether oxygens (including phenoxy) is 1. The standard InChI is InChI=1S/C20H21N3O2/c1-13-9-14(2)19(15(3)10-13)23-20(24)16(11-21)12-22-17-7-5-6-8-18(17)25-4/h5-10,12,22H,1-4H3,(H,23,24)/b16-12-. The zero-order valence-electron chi connectivity index (χ0n) is 14.8. The van der Waals surface area contributed by atoms with Crippen molar-refractivity contribution in [1.82, 2.24) is 0 Å². The van der Waals surface area contributed by atoms with Crippen molar-refractivity contribution in [1.29, 1.82) is 5.26 Å². The van der Waals surface area contributed by atoms with Gasteiger partial charge in [-0.15, -0.1) is 0 Å². The van der Waals surface area contributed by atoms with E-state index >= 15 is 0 Å². The van der Waals surface area contributed by atoms with E-state index in [-0.39, 0.29) is 5.57 Å². The lowest BCUT2D eigenvalue weighted by molar-refractivity contribution is -0.112. The molecule has 2 aromatic carbocycles. The highest BCUT2D eigenvalue weighted by Crippen LogP contribution is 2.24. The van der Waals surface area contributed by atoms with E-state index in [4.69, 9.17) is 4.74 Å². The van der Waals surface area contributed by atoms with E-state index in [0.717, 1.165) is 22.4 Å². The van der Waals surface area contributed by atoms with Gasteiger partial charge in [0, 0.05) is 11.9 Å². The van der Waals surface area contributed by atoms with Gasteiger partial charge in [0.15, 0.2) is 0 Å². The van der Waals surface area contributed by atoms with Crippen LogP contribution in [-0.4, -0.2) is 13.0 Å². The molecular weight excluding hydrogens is 314 g/mol. The van der Waals surface area contributed by atoms with Crippen molar-refractivity contribution in [2.24, 2.45) is 0 Å². The number of para-hydroxylation sites is 2. The second kappa shape index (κ2) is 8.02. The number of nitriles is 1. The Hall–Kier alpha value is -3.26. The van der Waals surface area contributed by atoms with Gasteiger partial charge in [-0.1, -0.05) is 29.8 Å². The van der Waals surface area contributed by atoms with Crippen molar-refractivity contribution in [3.63, 3.8) is 0 Å². The lowest BCUT2D eigenvalue weighted by Gasteiger charge is -2.13. The summed E-state index contributed by atoms with van der Waals surface area (Å²) >= 11 is 0. The molecule has 0 spiro atoms. The molecule has 0 fully saturated rings. The van der Waals surface area contributed by atoms with Crippen LogP contribution in [0, 0.1) is 32.1 Å². The van der Waals surface area contributed by atoms with Gasteiger partial charge in [-0.05, 0) is 44.0 Å². The molecule has 0 saturated heterocycles. The van der Waals surface area contributed by atoms with Gasteiger partial charge in [0.1, 0.15) is 17.4 Å². The molecule has 0 aliphatic rings. The zero-order chi connectivity index (χ0) is 18.4. The second-order valence-electron chi connectivity index (χ2n) is 5.74. The van der Waals surface area contributed by atoms with Crippen LogP contribution < -0.4 is 15.4 Å². The minimum atomic E-state index is -0.458. The largest absolute Gasteiger partial charge is 0.495 e. The first kappa shape index (κ1) is 18.1. The van der Waals surface area contributed by atoms with Crippen LogP contribution in [-0.2, 0) is 4.79 Å². The fourth-order valence-electron chi connectivity index (χ4n) is 2.62. The number of rotatable bonds is 5. The number of benzene rings is 2. The highest BCUT2D eigenvalue weighted by atomic mass is 16.5. The number of hydrogen-bond donors (Lipinski definition) is 2. The number of anilines is 2. The third-order valence-electron chi connectivity index (χ3n) is 3.76. The van der Waals surface area contributed by atoms with E-state index in [1.807, 2.05) is 51.1 Å². The molecular formula is C20H21N3O2. The number of nitrogens with zero attached hydrogens (tertiary/aromatic N) is 1. The quantitative estimate of drug-likeness (QED) is 0.638. The number of aryl methyl sites for hydroxylation is 3. The Labute approximate surface area is 147 Å². The van der Waals surface area contributed by atoms with Gasteiger partial charge < -0.3 is 15.4 Å². The monoisotopic (exact) mass is 335 g/mol. The Kier molecular flexibility index (Phi) is 5.80. The van der Waals surface area contributed by atoms with Crippen LogP contribution in [0.1, 0.15) is 16.7 Å². The van der Waals surface area contributed by atoms with Gasteiger partial charge in [-0.3, -0.25) is 4.79 Å². The first-order valence-corrected chi connectivity index (χ1v) is 7.85. The van der Waals surface area contributed by atoms with E-state index in [0.29, 0.717) is 11.4 Å². The SMILES string of the molecule is COc1ccccc1N/C=C(/C#N)C(=O)Nc1c(C)cc(C)cc1C. The Morgan fingerprint density at radius 3 is 2.40 bits per heavy atom. The molecule has 2 aromatic rings. The van der Waals surface area contributed by atoms with Crippen LogP contribution >= 0.6 is 0 Å². The van der Waals surface area contributed by atoms with Gasteiger partial charge in [0.2, 0.25) is 0 Å². The van der Waals surface area contributed by atoms with Crippen LogP contribution in [0.25, 0.3) is 0 Å². The predicted molar refractivity (Wildman–Crippen MR) is 99.6 cm³/mol. The van der Waals surface area contributed by atoms with Gasteiger partial charge >= 0.3 is 0 Å². The molecule has 0 saturated carbocycles. The van der Waals surface area contributed by atoms with E-state index in [1.54, 1.807) is 19.2 Å². The van der Waals surface area contributed by atoms with Gasteiger partial charge in [-0.2, -0.15) is 5.26 Å². The second-order valence-corrected chi connectivity index (χ2v) is 5.74. The highest BCUT2D eigenvalue weighted by molar-refractivity contribution is 6.07. The third-order valence-corrected chi connectivity index (χ3v) is 3.76. The van der Waals surface area contributed by atoms with Gasteiger partial charge in [0.05, 0.1) is 12.8 Å². The topological polar surface area (TPSA) is 74.1 Å². The molecule has 0 aliphatic carbocycles. The lowest BCUT2D eigenvalue weighted by Crippen LogP contribution is -2.16. The maximum atomic E-state index is 12.4. The number of methoxy groups -OCH3 is 1. The number of carbonyl (C=O) groups is 1. The molecule has 128 valence electrons. The normalized spacial score (nSPS) is 10.8. The minimum absolute atomic E-state index is 0.0229. The molecule has 2 N–H and O–H groups in total. The number of hydrogen-bond acceptors (Lipinski definition) is 4. The molecule has 25 heavy (non-hydrogen) atoms. The molecule has 0 unspecified atom stereocenters. The average molecular weight is 335 g/mol. The maximum Gasteiger partial charge on any atom is 0.267 e. The molecule has 0 aliphatic heterocycles. The van der Waals surface area contributed by atoms with Crippen molar-refractivity contribution in [2.75, 3.05) is 17.7 Å². The number of nitrogens with one attached hydrogen (secondary N) is 2. The van der Waals surface area contributed by atoms with Crippen molar-refractivity contribution < 1.29 is 9.53 Å². The predicted octanol–water partition coefficient (Wildman–Crippen LogP) is 4.08. The summed E-state index contributed by atoms with van der Waals surface area (Å²) in [6, 6.07) is 13.2. The summed E-state index contributed by atoms with van der Waals surface area (Å²) in [5, 5.41) is 15.1. The first-order valence-electron chi connectivity index (χ1n) is 7.85. The number of carbonyl (C=O) groups excluding carboxylic acids is 1. The summed E-state index contributed by atoms with van der Waals surface area (Å²) in [5.41, 5.74) is 4.43. The van der Waals surface area contributed by atoms with Crippen molar-refractivity contribution in [3.8, 4) is 11.8 Å². The van der Waals surface area contributed by atoms with Crippen LogP contribution in [0.5, 0.6) is 5.75 Å². The molecule has 0 radical (unpaired) electrons. The summed E-state index contributed by atoms with van der Waals surface area (Å²) in [7, 11) is 1.56. The lowest BCUT2D eigenvalue weighted by atomic mass is 10.0. The summed E-state index contributed by atoms with van der Waals surface area (Å²) in [5.74, 6) is 0.168. The molecule has 1 amide bonds. The fraction of sp³-hybridized carbons (Fsp3) is 0.200. The molecule has 5 nitrogen and oxygen atoms in total. The molecule has 0 heterocycles. The van der Waals surface area contributed by atoms with E-state index in [9.17, 15) is 10.1 Å². The highest BCUT2D eigenvalue weighted by Gasteiger charge is 2.13. The molecule has 0 aromatic heterocycles. The van der Waals surface area contributed by atoms with Crippen molar-refractivity contribution in [3.05, 3.63) is 64.9 Å². The Morgan fingerprint density at radius 2 is 1.80 bits per heavy atom. The zero-order valence-corrected chi connectivity index (χ0v) is 14.8. The minimum Gasteiger partial charge on any atom is -0.495 e. The van der Waals surface area contributed by atoms with Gasteiger partial charge in [-0.25, -0.2) is 0 Å². The van der Waals surface area contributed by atoms with E-state index < -0.39 is 5.91 Å². The summed E-state index contributed by atoms with van der Waals surface area (Å²) in [6.45, 7) is 5.86. The smallest absolute Gasteiger partial charge is 0.267 e. The molecule has 5 heteroatoms. The summed E-state index contributed by atoms with van der Waals surface area (Å²) < 4.78 is 5.23. The van der Waals surface area contributed by atoms with Crippen LogP contribution in [0.2, 0.25) is 0 Å². The van der Waals surface area contributed by atoms with Gasteiger partial charge in [0.25, 0.3) is 5.91 Å².